The predicted octanol–water partition coefficient (Wildman–Crippen LogP) is 1.15. The predicted molar refractivity (Wildman–Crippen MR) is 65.6 cm³/mol. The lowest BCUT2D eigenvalue weighted by Gasteiger charge is -2.24. The summed E-state index contributed by atoms with van der Waals surface area (Å²) >= 11 is 0. The van der Waals surface area contributed by atoms with Gasteiger partial charge in [-0.25, -0.2) is 4.98 Å². The van der Waals surface area contributed by atoms with Gasteiger partial charge in [-0.2, -0.15) is 5.26 Å². The zero-order valence-electron chi connectivity index (χ0n) is 9.89. The third kappa shape index (κ3) is 2.66. The third-order valence-corrected chi connectivity index (χ3v) is 2.78. The van der Waals surface area contributed by atoms with Crippen molar-refractivity contribution in [2.45, 2.75) is 19.4 Å². The lowest BCUT2D eigenvalue weighted by molar-refractivity contribution is 0.0820. The van der Waals surface area contributed by atoms with Crippen LogP contribution in [0.15, 0.2) is 12.3 Å². The first-order chi connectivity index (χ1) is 8.20. The minimum atomic E-state index is 0.175. The maximum absolute atomic E-state index is 8.77. The van der Waals surface area contributed by atoms with Gasteiger partial charge in [0.25, 0.3) is 0 Å². The highest BCUT2D eigenvalue weighted by Gasteiger charge is 2.18. The monoisotopic (exact) mass is 232 g/mol. The summed E-state index contributed by atoms with van der Waals surface area (Å²) in [7, 11) is 0. The van der Waals surface area contributed by atoms with E-state index in [0.717, 1.165) is 31.9 Å². The SMILES string of the molecule is CC1CN(c2ncc(C#N)cc2N)CCCO1. The second-order valence-electron chi connectivity index (χ2n) is 4.23. The molecule has 1 fully saturated rings. The quantitative estimate of drug-likeness (QED) is 0.786. The van der Waals surface area contributed by atoms with E-state index in [2.05, 4.69) is 9.88 Å². The fourth-order valence-electron chi connectivity index (χ4n) is 1.99. The van der Waals surface area contributed by atoms with E-state index in [1.54, 1.807) is 12.3 Å². The number of hydrogen-bond acceptors (Lipinski definition) is 5. The molecule has 17 heavy (non-hydrogen) atoms. The number of nitrogens with zero attached hydrogens (tertiary/aromatic N) is 3. The first-order valence-corrected chi connectivity index (χ1v) is 5.73. The van der Waals surface area contributed by atoms with Gasteiger partial charge in [-0.1, -0.05) is 0 Å². The Morgan fingerprint density at radius 3 is 3.18 bits per heavy atom. The molecule has 2 N–H and O–H groups in total. The highest BCUT2D eigenvalue weighted by Crippen LogP contribution is 2.22. The van der Waals surface area contributed by atoms with E-state index < -0.39 is 0 Å². The van der Waals surface area contributed by atoms with E-state index >= 15 is 0 Å². The van der Waals surface area contributed by atoms with E-state index in [1.807, 2.05) is 13.0 Å². The van der Waals surface area contributed by atoms with E-state index in [0.29, 0.717) is 11.3 Å². The Bertz CT molecular complexity index is 441. The molecule has 0 aromatic carbocycles. The minimum Gasteiger partial charge on any atom is -0.396 e. The van der Waals surface area contributed by atoms with Crippen molar-refractivity contribution in [2.24, 2.45) is 0 Å². The first-order valence-electron chi connectivity index (χ1n) is 5.73. The van der Waals surface area contributed by atoms with E-state index in [1.165, 1.54) is 0 Å². The molecule has 0 bridgehead atoms. The van der Waals surface area contributed by atoms with Crippen LogP contribution in [0.25, 0.3) is 0 Å². The Balaban J connectivity index is 2.24. The van der Waals surface area contributed by atoms with Gasteiger partial charge in [0.1, 0.15) is 6.07 Å². The van der Waals surface area contributed by atoms with Crippen LogP contribution in [0.2, 0.25) is 0 Å². The number of nitrogens with two attached hydrogens (primary N) is 1. The molecular formula is C12H16N4O. The van der Waals surface area contributed by atoms with Gasteiger partial charge in [-0.3, -0.25) is 0 Å². The molecule has 1 atom stereocenters. The fourth-order valence-corrected chi connectivity index (χ4v) is 1.99. The highest BCUT2D eigenvalue weighted by molar-refractivity contribution is 5.64. The second-order valence-corrected chi connectivity index (χ2v) is 4.23. The van der Waals surface area contributed by atoms with Crippen molar-refractivity contribution in [3.8, 4) is 6.07 Å². The number of rotatable bonds is 1. The van der Waals surface area contributed by atoms with Gasteiger partial charge < -0.3 is 15.4 Å². The fraction of sp³-hybridized carbons (Fsp3) is 0.500. The second kappa shape index (κ2) is 5.02. The molecule has 5 nitrogen and oxygen atoms in total. The van der Waals surface area contributed by atoms with Crippen LogP contribution in [-0.4, -0.2) is 30.8 Å². The zero-order valence-corrected chi connectivity index (χ0v) is 9.89. The van der Waals surface area contributed by atoms with Crippen LogP contribution >= 0.6 is 0 Å². The molecule has 0 radical (unpaired) electrons. The van der Waals surface area contributed by atoms with Gasteiger partial charge in [0.15, 0.2) is 5.82 Å². The Labute approximate surface area is 101 Å². The molecule has 1 aromatic rings. The molecular weight excluding hydrogens is 216 g/mol. The molecule has 1 aromatic heterocycles. The smallest absolute Gasteiger partial charge is 0.151 e. The summed E-state index contributed by atoms with van der Waals surface area (Å²) in [5.41, 5.74) is 6.97. The van der Waals surface area contributed by atoms with Crippen molar-refractivity contribution in [1.82, 2.24) is 4.98 Å². The Morgan fingerprint density at radius 1 is 1.65 bits per heavy atom. The summed E-state index contributed by atoms with van der Waals surface area (Å²) < 4.78 is 5.58. The van der Waals surface area contributed by atoms with Gasteiger partial charge in [0, 0.05) is 25.9 Å². The molecule has 1 aliphatic rings. The summed E-state index contributed by atoms with van der Waals surface area (Å²) in [5, 5.41) is 8.77. The van der Waals surface area contributed by atoms with Gasteiger partial charge >= 0.3 is 0 Å². The number of hydrogen-bond donors (Lipinski definition) is 1. The average molecular weight is 232 g/mol. The number of nitriles is 1. The molecule has 2 heterocycles. The Morgan fingerprint density at radius 2 is 2.47 bits per heavy atom. The summed E-state index contributed by atoms with van der Waals surface area (Å²) in [6.45, 7) is 4.47. The molecule has 0 spiro atoms. The van der Waals surface area contributed by atoms with Gasteiger partial charge in [0.2, 0.25) is 0 Å². The first kappa shape index (κ1) is 11.7. The van der Waals surface area contributed by atoms with Gasteiger partial charge in [-0.05, 0) is 19.4 Å². The molecule has 1 saturated heterocycles. The van der Waals surface area contributed by atoms with Crippen molar-refractivity contribution >= 4 is 11.5 Å². The molecule has 90 valence electrons. The zero-order chi connectivity index (χ0) is 12.3. The van der Waals surface area contributed by atoms with Gasteiger partial charge in [0.05, 0.1) is 17.4 Å². The van der Waals surface area contributed by atoms with Crippen LogP contribution in [0, 0.1) is 11.3 Å². The van der Waals surface area contributed by atoms with Crippen molar-refractivity contribution < 1.29 is 4.74 Å². The maximum atomic E-state index is 8.77. The molecule has 0 saturated carbocycles. The summed E-state index contributed by atoms with van der Waals surface area (Å²) in [6.07, 6.45) is 2.70. The summed E-state index contributed by atoms with van der Waals surface area (Å²) in [6, 6.07) is 3.70. The standard InChI is InChI=1S/C12H16N4O/c1-9-8-16(3-2-4-17-9)12-11(14)5-10(6-13)7-15-12/h5,7,9H,2-4,8,14H2,1H3. The third-order valence-electron chi connectivity index (χ3n) is 2.78. The number of pyridine rings is 1. The largest absolute Gasteiger partial charge is 0.396 e. The normalized spacial score (nSPS) is 20.7. The molecule has 1 aliphatic heterocycles. The highest BCUT2D eigenvalue weighted by atomic mass is 16.5. The number of anilines is 2. The minimum absolute atomic E-state index is 0.175. The topological polar surface area (TPSA) is 75.2 Å². The summed E-state index contributed by atoms with van der Waals surface area (Å²) in [5.74, 6) is 0.751. The number of ether oxygens (including phenoxy) is 1. The lowest BCUT2D eigenvalue weighted by atomic mass is 10.2. The van der Waals surface area contributed by atoms with Crippen LogP contribution in [0.3, 0.4) is 0 Å². The molecule has 1 unspecified atom stereocenters. The van der Waals surface area contributed by atoms with E-state index in [4.69, 9.17) is 15.7 Å². The van der Waals surface area contributed by atoms with Crippen LogP contribution < -0.4 is 10.6 Å². The van der Waals surface area contributed by atoms with Crippen molar-refractivity contribution in [3.63, 3.8) is 0 Å². The van der Waals surface area contributed by atoms with Gasteiger partial charge in [-0.15, -0.1) is 0 Å². The molecule has 2 rings (SSSR count). The van der Waals surface area contributed by atoms with Crippen molar-refractivity contribution in [1.29, 1.82) is 5.26 Å². The average Bonchev–Trinajstić information content (AvgIpc) is 2.53. The van der Waals surface area contributed by atoms with Crippen LogP contribution in [-0.2, 0) is 4.74 Å². The van der Waals surface area contributed by atoms with Crippen LogP contribution in [0.4, 0.5) is 11.5 Å². The molecule has 5 heteroatoms. The molecule has 0 aliphatic carbocycles. The van der Waals surface area contributed by atoms with Crippen molar-refractivity contribution in [3.05, 3.63) is 17.8 Å². The van der Waals surface area contributed by atoms with E-state index in [-0.39, 0.29) is 6.10 Å². The maximum Gasteiger partial charge on any atom is 0.151 e. The Kier molecular flexibility index (Phi) is 3.45. The van der Waals surface area contributed by atoms with Crippen LogP contribution in [0.5, 0.6) is 0 Å². The Hall–Kier alpha value is -1.80. The number of nitrogen functional groups attached to an aromatic ring is 1. The molecule has 0 amide bonds. The van der Waals surface area contributed by atoms with Crippen LogP contribution in [0.1, 0.15) is 18.9 Å². The lowest BCUT2D eigenvalue weighted by Crippen LogP contribution is -2.31. The summed E-state index contributed by atoms with van der Waals surface area (Å²) in [4.78, 5) is 6.39. The van der Waals surface area contributed by atoms with E-state index in [9.17, 15) is 0 Å². The number of aromatic nitrogens is 1. The van der Waals surface area contributed by atoms with Crippen molar-refractivity contribution in [2.75, 3.05) is 30.3 Å².